The molecule has 1 aromatic carbocycles. The number of nitro benzene ring substituents is 1. The van der Waals surface area contributed by atoms with E-state index in [1.807, 2.05) is 0 Å². The quantitative estimate of drug-likeness (QED) is 0.221. The molecule has 0 aliphatic heterocycles. The lowest BCUT2D eigenvalue weighted by Gasteiger charge is -2.27. The summed E-state index contributed by atoms with van der Waals surface area (Å²) in [6, 6.07) is 0.239. The van der Waals surface area contributed by atoms with E-state index in [0.717, 1.165) is 0 Å². The molecule has 0 spiro atoms. The number of nitrogens with zero attached hydrogens (tertiary/aromatic N) is 1. The number of carbonyl (C=O) groups is 1. The third-order valence-corrected chi connectivity index (χ3v) is 5.92. The summed E-state index contributed by atoms with van der Waals surface area (Å²) in [6.07, 6.45) is -11.8. The van der Waals surface area contributed by atoms with Crippen molar-refractivity contribution in [3.8, 4) is 0 Å². The van der Waals surface area contributed by atoms with Crippen LogP contribution in [0.5, 0.6) is 0 Å². The predicted octanol–water partition coefficient (Wildman–Crippen LogP) is 3.71. The Hall–Kier alpha value is -2.31. The maximum absolute atomic E-state index is 13.6. The number of carbonyl (C=O) groups excluding carboxylic acids is 1. The summed E-state index contributed by atoms with van der Waals surface area (Å²) in [6.45, 7) is -2.09. The molecule has 1 rings (SSSR count). The lowest BCUT2D eigenvalue weighted by Crippen LogP contribution is -2.54. The Kier molecular flexibility index (Phi) is 8.04. The molecule has 0 aromatic heterocycles. The maximum Gasteiger partial charge on any atom is 0.461 e. The van der Waals surface area contributed by atoms with Gasteiger partial charge in [-0.1, -0.05) is 0 Å². The van der Waals surface area contributed by atoms with Gasteiger partial charge in [-0.05, 0) is 12.1 Å². The molecule has 0 aliphatic rings. The molecule has 0 bridgehead atoms. The van der Waals surface area contributed by atoms with E-state index < -0.39 is 83.9 Å². The van der Waals surface area contributed by atoms with Crippen LogP contribution >= 0.6 is 0 Å². The third kappa shape index (κ3) is 6.14. The Bertz CT molecular complexity index is 946. The van der Waals surface area contributed by atoms with Gasteiger partial charge in [0.15, 0.2) is 6.61 Å². The second kappa shape index (κ2) is 9.28. The average molecular weight is 527 g/mol. The van der Waals surface area contributed by atoms with Gasteiger partial charge < -0.3 is 4.74 Å². The van der Waals surface area contributed by atoms with Crippen LogP contribution in [0.25, 0.3) is 0 Å². The minimum Gasteiger partial charge on any atom is -0.455 e. The molecule has 0 saturated carbocycles. The smallest absolute Gasteiger partial charge is 0.455 e. The fourth-order valence-electron chi connectivity index (χ4n) is 1.77. The molecule has 7 nitrogen and oxygen atoms in total. The highest BCUT2D eigenvalue weighted by molar-refractivity contribution is 7.86. The number of esters is 1. The Labute approximate surface area is 174 Å². The number of rotatable bonds is 8. The first-order valence-electron chi connectivity index (χ1n) is 7.36. The van der Waals surface area contributed by atoms with Crippen LogP contribution in [0.4, 0.5) is 49.6 Å². The van der Waals surface area contributed by atoms with Crippen molar-refractivity contribution >= 4 is 33.3 Å². The molecular weight excluding hydrogens is 520 g/mol. The third-order valence-electron chi connectivity index (χ3n) is 3.19. The summed E-state index contributed by atoms with van der Waals surface area (Å²) in [5.74, 6) is -9.95. The number of alkyl halides is 10. The minimum absolute atomic E-state index is 0.137. The van der Waals surface area contributed by atoms with Gasteiger partial charge in [-0.15, -0.1) is 0 Å². The number of benzene rings is 1. The van der Waals surface area contributed by atoms with Gasteiger partial charge in [0.1, 0.15) is 21.4 Å². The van der Waals surface area contributed by atoms with E-state index >= 15 is 0 Å². The summed E-state index contributed by atoms with van der Waals surface area (Å²) >= 11 is 0. The van der Waals surface area contributed by atoms with Crippen molar-refractivity contribution < 1.29 is 66.8 Å². The van der Waals surface area contributed by atoms with Crippen molar-refractivity contribution in [2.45, 2.75) is 33.3 Å². The lowest BCUT2D eigenvalue weighted by atomic mass is 10.3. The number of hydrogen-bond acceptors (Lipinski definition) is 6. The number of nitro groups is 1. The summed E-state index contributed by atoms with van der Waals surface area (Å²) in [5.41, 5.74) is -1.50. The average Bonchev–Trinajstić information content (AvgIpc) is 2.63. The van der Waals surface area contributed by atoms with Gasteiger partial charge in [0.2, 0.25) is 0 Å². The summed E-state index contributed by atoms with van der Waals surface area (Å²) in [7, 11) is -7.35. The first kappa shape index (κ1) is 27.7. The molecule has 0 amide bonds. The molecular formula is C13H7F10NO6S2. The second-order valence-electron chi connectivity index (χ2n) is 5.51. The highest BCUT2D eigenvalue weighted by Gasteiger charge is 2.76. The number of ether oxygens (including phenoxy) is 1. The first-order valence-corrected chi connectivity index (χ1v) is 9.82. The Morgan fingerprint density at radius 3 is 1.97 bits per heavy atom. The van der Waals surface area contributed by atoms with Crippen LogP contribution in [0.15, 0.2) is 28.0 Å². The van der Waals surface area contributed by atoms with Crippen LogP contribution in [0.2, 0.25) is 0 Å². The summed E-state index contributed by atoms with van der Waals surface area (Å²) in [4.78, 5) is 18.2. The van der Waals surface area contributed by atoms with Gasteiger partial charge in [-0.3, -0.25) is 19.1 Å². The van der Waals surface area contributed by atoms with Crippen molar-refractivity contribution in [2.24, 2.45) is 0 Å². The molecule has 1 aromatic rings. The fourth-order valence-corrected chi connectivity index (χ4v) is 3.86. The Morgan fingerprint density at radius 2 is 1.53 bits per heavy atom. The van der Waals surface area contributed by atoms with Crippen molar-refractivity contribution in [3.05, 3.63) is 28.3 Å². The Morgan fingerprint density at radius 1 is 1.00 bits per heavy atom. The van der Waals surface area contributed by atoms with Crippen LogP contribution in [0.3, 0.4) is 0 Å². The van der Waals surface area contributed by atoms with Crippen LogP contribution in [-0.2, 0) is 31.1 Å². The first-order chi connectivity index (χ1) is 14.2. The van der Waals surface area contributed by atoms with E-state index in [-0.39, 0.29) is 18.2 Å². The largest absolute Gasteiger partial charge is 0.461 e. The predicted molar refractivity (Wildman–Crippen MR) is 83.7 cm³/mol. The number of hydrogen-bond donors (Lipinski definition) is 0. The van der Waals surface area contributed by atoms with E-state index in [1.54, 1.807) is 0 Å². The van der Waals surface area contributed by atoms with Crippen LogP contribution in [0, 0.1) is 10.1 Å². The topological polar surface area (TPSA) is 104 Å². The SMILES string of the molecule is O=C(CS(=O)c1ccc(S(=O)C(F)(F)C(F)(F)C(F)(F)F)cc1[N+](=O)[O-])OCC(F)(F)F. The summed E-state index contributed by atoms with van der Waals surface area (Å²) in [5, 5.41) is 4.76. The lowest BCUT2D eigenvalue weighted by molar-refractivity contribution is -0.388. The van der Waals surface area contributed by atoms with Gasteiger partial charge in [0.05, 0.1) is 20.6 Å². The highest BCUT2D eigenvalue weighted by atomic mass is 32.2. The molecule has 0 heterocycles. The monoisotopic (exact) mass is 527 g/mol. The molecule has 182 valence electrons. The normalized spacial score (nSPS) is 15.2. The standard InChI is InChI=1S/C13H7F10NO6S2/c14-10(15,16)5-30-9(25)4-31(28)8-2-1-6(3-7(8)24(26)27)32(29)13(22,23)11(17,18)12(19,20)21/h1-3H,4-5H2. The molecule has 0 N–H and O–H groups in total. The van der Waals surface area contributed by atoms with E-state index in [0.29, 0.717) is 0 Å². The summed E-state index contributed by atoms with van der Waals surface area (Å²) < 4.78 is 153. The van der Waals surface area contributed by atoms with E-state index in [1.165, 1.54) is 0 Å². The van der Waals surface area contributed by atoms with Gasteiger partial charge >= 0.3 is 29.5 Å². The zero-order valence-electron chi connectivity index (χ0n) is 14.6. The zero-order chi connectivity index (χ0) is 25.3. The van der Waals surface area contributed by atoms with Gasteiger partial charge in [0.25, 0.3) is 5.69 Å². The van der Waals surface area contributed by atoms with Crippen LogP contribution < -0.4 is 0 Å². The van der Waals surface area contributed by atoms with E-state index in [4.69, 9.17) is 0 Å². The van der Waals surface area contributed by atoms with Crippen LogP contribution in [-0.4, -0.2) is 55.2 Å². The molecule has 19 heteroatoms. The maximum atomic E-state index is 13.6. The van der Waals surface area contributed by atoms with Gasteiger partial charge in [-0.2, -0.15) is 43.9 Å². The highest BCUT2D eigenvalue weighted by Crippen LogP contribution is 2.49. The fraction of sp³-hybridized carbons (Fsp3) is 0.462. The molecule has 32 heavy (non-hydrogen) atoms. The van der Waals surface area contributed by atoms with Crippen molar-refractivity contribution in [3.63, 3.8) is 0 Å². The van der Waals surface area contributed by atoms with Crippen LogP contribution in [0.1, 0.15) is 0 Å². The Balaban J connectivity index is 3.26. The van der Waals surface area contributed by atoms with Gasteiger partial charge in [-0.25, -0.2) is 4.21 Å². The van der Waals surface area contributed by atoms with Gasteiger partial charge in [0, 0.05) is 6.07 Å². The molecule has 2 atom stereocenters. The van der Waals surface area contributed by atoms with Crippen molar-refractivity contribution in [2.75, 3.05) is 12.4 Å². The second-order valence-corrected chi connectivity index (χ2v) is 8.45. The molecule has 2 unspecified atom stereocenters. The van der Waals surface area contributed by atoms with Crippen molar-refractivity contribution in [1.82, 2.24) is 0 Å². The number of halogens is 10. The minimum atomic E-state index is -6.84. The molecule has 0 radical (unpaired) electrons. The molecule has 0 aliphatic carbocycles. The van der Waals surface area contributed by atoms with Crippen molar-refractivity contribution in [1.29, 1.82) is 0 Å². The zero-order valence-corrected chi connectivity index (χ0v) is 16.3. The molecule has 0 saturated heterocycles. The van der Waals surface area contributed by atoms with E-state index in [2.05, 4.69) is 4.74 Å². The molecule has 0 fully saturated rings. The van der Waals surface area contributed by atoms with E-state index in [9.17, 15) is 67.2 Å².